The van der Waals surface area contributed by atoms with Crippen LogP contribution in [0.5, 0.6) is 0 Å². The van der Waals surface area contributed by atoms with Crippen molar-refractivity contribution < 1.29 is 9.18 Å². The molecule has 0 fully saturated rings. The van der Waals surface area contributed by atoms with E-state index in [0.717, 1.165) is 18.4 Å². The second kappa shape index (κ2) is 7.80. The van der Waals surface area contributed by atoms with E-state index in [1.165, 1.54) is 17.0 Å². The monoisotopic (exact) mass is 291 g/mol. The molecule has 20 heavy (non-hydrogen) atoms. The Morgan fingerprint density at radius 1 is 1.20 bits per heavy atom. The van der Waals surface area contributed by atoms with Gasteiger partial charge in [-0.15, -0.1) is 11.3 Å². The summed E-state index contributed by atoms with van der Waals surface area (Å²) in [5, 5.41) is 4.92. The molecule has 1 N–H and O–H groups in total. The number of thiophene rings is 1. The van der Waals surface area contributed by atoms with E-state index in [-0.39, 0.29) is 11.7 Å². The Labute approximate surface area is 122 Å². The molecule has 0 aliphatic rings. The molecular formula is C16H18FNOS. The molecule has 0 aliphatic heterocycles. The number of carbonyl (C=O) groups is 1. The molecule has 0 bridgehead atoms. The van der Waals surface area contributed by atoms with Gasteiger partial charge in [-0.3, -0.25) is 4.79 Å². The van der Waals surface area contributed by atoms with Crippen LogP contribution < -0.4 is 5.32 Å². The van der Waals surface area contributed by atoms with Gasteiger partial charge in [0.25, 0.3) is 0 Å². The van der Waals surface area contributed by atoms with Gasteiger partial charge >= 0.3 is 0 Å². The second-order valence-electron chi connectivity index (χ2n) is 4.66. The van der Waals surface area contributed by atoms with Crippen molar-refractivity contribution in [1.29, 1.82) is 0 Å². The van der Waals surface area contributed by atoms with Gasteiger partial charge in [-0.1, -0.05) is 18.2 Å². The maximum absolute atomic E-state index is 13.0. The fourth-order valence-corrected chi connectivity index (χ4v) is 2.76. The molecule has 1 amide bonds. The maximum Gasteiger partial charge on any atom is 0.220 e. The number of benzene rings is 1. The lowest BCUT2D eigenvalue weighted by Gasteiger charge is -2.05. The molecule has 1 heterocycles. The van der Waals surface area contributed by atoms with Crippen LogP contribution in [-0.2, 0) is 17.6 Å². The van der Waals surface area contributed by atoms with Crippen LogP contribution in [0.1, 0.15) is 23.3 Å². The number of hydrogen-bond donors (Lipinski definition) is 1. The smallest absolute Gasteiger partial charge is 0.220 e. The molecule has 2 aromatic rings. The fraction of sp³-hybridized carbons (Fsp3) is 0.312. The van der Waals surface area contributed by atoms with E-state index >= 15 is 0 Å². The number of aryl methyl sites for hydroxylation is 1. The molecular weight excluding hydrogens is 273 g/mol. The van der Waals surface area contributed by atoms with Crippen LogP contribution in [0.15, 0.2) is 41.8 Å². The van der Waals surface area contributed by atoms with Gasteiger partial charge in [0, 0.05) is 17.8 Å². The van der Waals surface area contributed by atoms with Crippen LogP contribution >= 0.6 is 11.3 Å². The zero-order chi connectivity index (χ0) is 14.2. The number of rotatable bonds is 7. The number of carbonyl (C=O) groups excluding carboxylic acids is 1. The standard InChI is InChI=1S/C16H18FNOS/c17-14-5-1-4-13(12-14)9-10-18-16(19)8-2-6-15-7-3-11-20-15/h1,3-5,7,11-12H,2,6,8-10H2,(H,18,19). The van der Waals surface area contributed by atoms with Crippen molar-refractivity contribution in [2.45, 2.75) is 25.7 Å². The minimum atomic E-state index is -0.232. The molecule has 0 aliphatic carbocycles. The molecule has 0 saturated heterocycles. The van der Waals surface area contributed by atoms with E-state index in [1.807, 2.05) is 17.5 Å². The third kappa shape index (κ3) is 5.13. The minimum absolute atomic E-state index is 0.0676. The van der Waals surface area contributed by atoms with Gasteiger partial charge in [0.05, 0.1) is 0 Å². The van der Waals surface area contributed by atoms with E-state index in [1.54, 1.807) is 17.4 Å². The van der Waals surface area contributed by atoms with Gasteiger partial charge in [-0.25, -0.2) is 4.39 Å². The first-order valence-corrected chi connectivity index (χ1v) is 7.65. The highest BCUT2D eigenvalue weighted by Crippen LogP contribution is 2.11. The van der Waals surface area contributed by atoms with Crippen molar-refractivity contribution in [3.63, 3.8) is 0 Å². The highest BCUT2D eigenvalue weighted by atomic mass is 32.1. The van der Waals surface area contributed by atoms with Crippen LogP contribution in [0.2, 0.25) is 0 Å². The quantitative estimate of drug-likeness (QED) is 0.830. The van der Waals surface area contributed by atoms with E-state index in [4.69, 9.17) is 0 Å². The summed E-state index contributed by atoms with van der Waals surface area (Å²) >= 11 is 1.72. The molecule has 106 valence electrons. The lowest BCUT2D eigenvalue weighted by atomic mass is 10.1. The number of hydrogen-bond acceptors (Lipinski definition) is 2. The predicted molar refractivity (Wildman–Crippen MR) is 80.4 cm³/mol. The summed E-state index contributed by atoms with van der Waals surface area (Å²) in [5.41, 5.74) is 0.906. The predicted octanol–water partition coefficient (Wildman–Crippen LogP) is 3.57. The summed E-state index contributed by atoms with van der Waals surface area (Å²) < 4.78 is 13.0. The molecule has 0 spiro atoms. The van der Waals surface area contributed by atoms with Crippen molar-refractivity contribution in [3.8, 4) is 0 Å². The van der Waals surface area contributed by atoms with Crippen molar-refractivity contribution in [2.75, 3.05) is 6.54 Å². The third-order valence-corrected chi connectivity index (χ3v) is 3.97. The highest BCUT2D eigenvalue weighted by molar-refractivity contribution is 7.09. The first-order valence-electron chi connectivity index (χ1n) is 6.77. The molecule has 0 saturated carbocycles. The molecule has 0 radical (unpaired) electrons. The Bertz CT molecular complexity index is 539. The zero-order valence-electron chi connectivity index (χ0n) is 11.3. The summed E-state index contributed by atoms with van der Waals surface area (Å²) in [6, 6.07) is 10.6. The van der Waals surface area contributed by atoms with Gasteiger partial charge in [-0.2, -0.15) is 0 Å². The molecule has 2 nitrogen and oxygen atoms in total. The average molecular weight is 291 g/mol. The molecule has 2 rings (SSSR count). The Morgan fingerprint density at radius 3 is 2.85 bits per heavy atom. The van der Waals surface area contributed by atoms with Gasteiger partial charge in [0.2, 0.25) is 5.91 Å². The van der Waals surface area contributed by atoms with Gasteiger partial charge < -0.3 is 5.32 Å². The molecule has 1 aromatic carbocycles. The Hall–Kier alpha value is -1.68. The average Bonchev–Trinajstić information content (AvgIpc) is 2.92. The van der Waals surface area contributed by atoms with Crippen molar-refractivity contribution in [1.82, 2.24) is 5.32 Å². The lowest BCUT2D eigenvalue weighted by Crippen LogP contribution is -2.25. The van der Waals surface area contributed by atoms with E-state index < -0.39 is 0 Å². The normalized spacial score (nSPS) is 10.4. The largest absolute Gasteiger partial charge is 0.356 e. The van der Waals surface area contributed by atoms with Crippen LogP contribution in [0.25, 0.3) is 0 Å². The summed E-state index contributed by atoms with van der Waals surface area (Å²) in [7, 11) is 0. The SMILES string of the molecule is O=C(CCCc1cccs1)NCCc1cccc(F)c1. The van der Waals surface area contributed by atoms with Crippen molar-refractivity contribution in [3.05, 3.63) is 58.0 Å². The van der Waals surface area contributed by atoms with Crippen LogP contribution in [0.4, 0.5) is 4.39 Å². The number of amides is 1. The fourth-order valence-electron chi connectivity index (χ4n) is 2.01. The first kappa shape index (κ1) is 14.7. The van der Waals surface area contributed by atoms with Crippen LogP contribution in [-0.4, -0.2) is 12.5 Å². The van der Waals surface area contributed by atoms with Gasteiger partial charge in [-0.05, 0) is 48.4 Å². The van der Waals surface area contributed by atoms with Crippen molar-refractivity contribution in [2.24, 2.45) is 0 Å². The topological polar surface area (TPSA) is 29.1 Å². The molecule has 4 heteroatoms. The Kier molecular flexibility index (Phi) is 5.74. The Morgan fingerprint density at radius 2 is 2.10 bits per heavy atom. The lowest BCUT2D eigenvalue weighted by molar-refractivity contribution is -0.121. The maximum atomic E-state index is 13.0. The summed E-state index contributed by atoms with van der Waals surface area (Å²) in [6.07, 6.45) is 3.02. The highest BCUT2D eigenvalue weighted by Gasteiger charge is 2.02. The van der Waals surface area contributed by atoms with Gasteiger partial charge in [0.1, 0.15) is 5.82 Å². The Balaban J connectivity index is 1.60. The van der Waals surface area contributed by atoms with E-state index in [2.05, 4.69) is 11.4 Å². The van der Waals surface area contributed by atoms with Gasteiger partial charge in [0.15, 0.2) is 0 Å². The van der Waals surface area contributed by atoms with Crippen LogP contribution in [0.3, 0.4) is 0 Å². The molecule has 0 atom stereocenters. The summed E-state index contributed by atoms with van der Waals surface area (Å²) in [4.78, 5) is 13.0. The summed E-state index contributed by atoms with van der Waals surface area (Å²) in [5.74, 6) is -0.164. The van der Waals surface area contributed by atoms with E-state index in [9.17, 15) is 9.18 Å². The third-order valence-electron chi connectivity index (χ3n) is 3.03. The molecule has 1 aromatic heterocycles. The zero-order valence-corrected chi connectivity index (χ0v) is 12.1. The summed E-state index contributed by atoms with van der Waals surface area (Å²) in [6.45, 7) is 0.557. The second-order valence-corrected chi connectivity index (χ2v) is 5.70. The number of nitrogens with one attached hydrogen (secondary N) is 1. The first-order chi connectivity index (χ1) is 9.74. The minimum Gasteiger partial charge on any atom is -0.356 e. The van der Waals surface area contributed by atoms with E-state index in [0.29, 0.717) is 19.4 Å². The van der Waals surface area contributed by atoms with Crippen molar-refractivity contribution >= 4 is 17.2 Å². The number of halogens is 1. The molecule has 0 unspecified atom stereocenters. The van der Waals surface area contributed by atoms with Crippen LogP contribution in [0, 0.1) is 5.82 Å².